The van der Waals surface area contributed by atoms with E-state index >= 15 is 0 Å². The molecule has 0 aliphatic carbocycles. The summed E-state index contributed by atoms with van der Waals surface area (Å²) in [4.78, 5) is 4.95. The van der Waals surface area contributed by atoms with Crippen LogP contribution in [0, 0.1) is 0 Å². The van der Waals surface area contributed by atoms with Crippen molar-refractivity contribution in [3.63, 3.8) is 0 Å². The van der Waals surface area contributed by atoms with Gasteiger partial charge in [-0.05, 0) is 27.2 Å². The van der Waals surface area contributed by atoms with Crippen LogP contribution in [0.25, 0.3) is 0 Å². The molecule has 0 radical (unpaired) electrons. The average molecular weight is 351 g/mol. The van der Waals surface area contributed by atoms with E-state index in [2.05, 4.69) is 49.9 Å². The summed E-state index contributed by atoms with van der Waals surface area (Å²) in [6, 6.07) is 0.604. The van der Waals surface area contributed by atoms with Gasteiger partial charge in [0.2, 0.25) is 0 Å². The molecule has 0 saturated carbocycles. The van der Waals surface area contributed by atoms with E-state index < -0.39 is 0 Å². The van der Waals surface area contributed by atoms with Crippen LogP contribution in [0.4, 0.5) is 0 Å². The lowest BCUT2D eigenvalue weighted by Crippen LogP contribution is -2.39. The maximum absolute atomic E-state index is 2.50. The molecule has 0 aromatic rings. The topological polar surface area (TPSA) is 6.48 Å². The van der Waals surface area contributed by atoms with E-state index in [9.17, 15) is 0 Å². The third-order valence-corrected chi connectivity index (χ3v) is 5.71. The number of rotatable bonds is 16. The lowest BCUT2D eigenvalue weighted by molar-refractivity contribution is 0.141. The van der Waals surface area contributed by atoms with Gasteiger partial charge in [0.25, 0.3) is 0 Å². The van der Waals surface area contributed by atoms with Gasteiger partial charge in [0.05, 0.1) is 6.17 Å². The molecule has 0 aromatic carbocycles. The molecule has 2 nitrogen and oxygen atoms in total. The highest BCUT2D eigenvalue weighted by atomic mass is 15.4. The lowest BCUT2D eigenvalue weighted by Gasteiger charge is -2.32. The molecule has 0 bridgehead atoms. The van der Waals surface area contributed by atoms with Crippen molar-refractivity contribution in [1.29, 1.82) is 0 Å². The zero-order chi connectivity index (χ0) is 18.3. The van der Waals surface area contributed by atoms with Crippen molar-refractivity contribution in [2.45, 2.75) is 130 Å². The third kappa shape index (κ3) is 10.2. The number of hydrogen-bond acceptors (Lipinski definition) is 2. The predicted octanol–water partition coefficient (Wildman–Crippen LogP) is 7.31. The molecule has 0 amide bonds. The normalized spacial score (nSPS) is 17.2. The maximum Gasteiger partial charge on any atom is 0.0980 e. The average Bonchev–Trinajstić information content (AvgIpc) is 2.96. The highest BCUT2D eigenvalue weighted by Gasteiger charge is 2.22. The first-order valence-electron chi connectivity index (χ1n) is 11.4. The Kier molecular flexibility index (Phi) is 13.0. The zero-order valence-electron chi connectivity index (χ0n) is 17.8. The summed E-state index contributed by atoms with van der Waals surface area (Å²) in [5.41, 5.74) is 0. The Hall–Kier alpha value is -0.660. The Balaban J connectivity index is 1.82. The molecule has 0 N–H and O–H groups in total. The second-order valence-electron chi connectivity index (χ2n) is 8.30. The number of unbranched alkanes of at least 4 members (excludes halogenated alkanes) is 13. The van der Waals surface area contributed by atoms with E-state index in [1.807, 2.05) is 0 Å². The smallest absolute Gasteiger partial charge is 0.0980 e. The minimum atomic E-state index is 0.543. The quantitative estimate of drug-likeness (QED) is 0.269. The monoisotopic (exact) mass is 350 g/mol. The van der Waals surface area contributed by atoms with Crippen LogP contribution in [0.2, 0.25) is 0 Å². The van der Waals surface area contributed by atoms with E-state index in [0.717, 1.165) is 0 Å². The fourth-order valence-corrected chi connectivity index (χ4v) is 3.94. The van der Waals surface area contributed by atoms with Gasteiger partial charge >= 0.3 is 0 Å². The zero-order valence-corrected chi connectivity index (χ0v) is 17.8. The fraction of sp³-hybridized carbons (Fsp3) is 0.913. The lowest BCUT2D eigenvalue weighted by atomic mass is 10.0. The van der Waals surface area contributed by atoms with Crippen LogP contribution in [0.1, 0.15) is 118 Å². The molecule has 0 spiro atoms. The first kappa shape index (κ1) is 22.4. The Labute approximate surface area is 159 Å². The van der Waals surface area contributed by atoms with Crippen molar-refractivity contribution < 1.29 is 0 Å². The SMILES string of the molecule is CCCCCCCCCCCCCCCCN1C=CN(C(C)C)C1C. The number of nitrogens with zero attached hydrogens (tertiary/aromatic N) is 2. The van der Waals surface area contributed by atoms with E-state index in [1.165, 1.54) is 96.4 Å². The van der Waals surface area contributed by atoms with Crippen molar-refractivity contribution in [2.24, 2.45) is 0 Å². The summed E-state index contributed by atoms with van der Waals surface area (Å²) in [6.45, 7) is 10.4. The Morgan fingerprint density at radius 3 is 1.52 bits per heavy atom. The second kappa shape index (κ2) is 14.5. The Morgan fingerprint density at radius 2 is 1.12 bits per heavy atom. The molecule has 1 aliphatic heterocycles. The summed E-state index contributed by atoms with van der Waals surface area (Å²) in [7, 11) is 0. The van der Waals surface area contributed by atoms with Crippen molar-refractivity contribution in [1.82, 2.24) is 9.80 Å². The van der Waals surface area contributed by atoms with Crippen LogP contribution in [0.5, 0.6) is 0 Å². The van der Waals surface area contributed by atoms with Gasteiger partial charge in [0.1, 0.15) is 0 Å². The molecule has 2 heteroatoms. The van der Waals surface area contributed by atoms with Crippen molar-refractivity contribution in [2.75, 3.05) is 6.54 Å². The van der Waals surface area contributed by atoms with Crippen LogP contribution in [-0.2, 0) is 0 Å². The van der Waals surface area contributed by atoms with Crippen molar-refractivity contribution in [3.8, 4) is 0 Å². The molecular weight excluding hydrogens is 304 g/mol. The molecular formula is C23H46N2. The minimum absolute atomic E-state index is 0.543. The Morgan fingerprint density at radius 1 is 0.680 bits per heavy atom. The fourth-order valence-electron chi connectivity index (χ4n) is 3.94. The molecule has 0 saturated heterocycles. The van der Waals surface area contributed by atoms with Crippen LogP contribution in [0.3, 0.4) is 0 Å². The highest BCUT2D eigenvalue weighted by Crippen LogP contribution is 2.19. The van der Waals surface area contributed by atoms with Crippen LogP contribution in [-0.4, -0.2) is 28.6 Å². The molecule has 1 aliphatic rings. The first-order chi connectivity index (χ1) is 12.2. The summed E-state index contributed by atoms with van der Waals surface area (Å²) >= 11 is 0. The summed E-state index contributed by atoms with van der Waals surface area (Å²) in [5.74, 6) is 0. The van der Waals surface area contributed by atoms with Crippen LogP contribution >= 0.6 is 0 Å². The van der Waals surface area contributed by atoms with Crippen molar-refractivity contribution >= 4 is 0 Å². The van der Waals surface area contributed by atoms with E-state index in [-0.39, 0.29) is 0 Å². The highest BCUT2D eigenvalue weighted by molar-refractivity contribution is 4.96. The van der Waals surface area contributed by atoms with Gasteiger partial charge in [-0.3, -0.25) is 0 Å². The van der Waals surface area contributed by atoms with E-state index in [4.69, 9.17) is 0 Å². The molecule has 1 heterocycles. The molecule has 0 aromatic heterocycles. The molecule has 1 unspecified atom stereocenters. The molecule has 25 heavy (non-hydrogen) atoms. The molecule has 0 fully saturated rings. The molecule has 1 atom stereocenters. The van der Waals surface area contributed by atoms with Gasteiger partial charge in [0.15, 0.2) is 0 Å². The summed E-state index contributed by atoms with van der Waals surface area (Å²) < 4.78 is 0. The van der Waals surface area contributed by atoms with Crippen molar-refractivity contribution in [3.05, 3.63) is 12.4 Å². The van der Waals surface area contributed by atoms with Gasteiger partial charge in [-0.25, -0.2) is 0 Å². The molecule has 1 rings (SSSR count). The predicted molar refractivity (Wildman–Crippen MR) is 113 cm³/mol. The van der Waals surface area contributed by atoms with Gasteiger partial charge in [0, 0.05) is 25.0 Å². The van der Waals surface area contributed by atoms with Crippen LogP contribution in [0.15, 0.2) is 12.4 Å². The Bertz CT molecular complexity index is 324. The second-order valence-corrected chi connectivity index (χ2v) is 8.30. The first-order valence-corrected chi connectivity index (χ1v) is 11.4. The van der Waals surface area contributed by atoms with E-state index in [0.29, 0.717) is 12.2 Å². The van der Waals surface area contributed by atoms with Gasteiger partial charge in [-0.15, -0.1) is 0 Å². The maximum atomic E-state index is 2.50. The largest absolute Gasteiger partial charge is 0.356 e. The summed E-state index contributed by atoms with van der Waals surface area (Å²) in [5, 5.41) is 0. The van der Waals surface area contributed by atoms with Gasteiger partial charge < -0.3 is 9.80 Å². The van der Waals surface area contributed by atoms with E-state index in [1.54, 1.807) is 0 Å². The van der Waals surface area contributed by atoms with Crippen LogP contribution < -0.4 is 0 Å². The third-order valence-electron chi connectivity index (χ3n) is 5.71. The summed E-state index contributed by atoms with van der Waals surface area (Å²) in [6.07, 6.45) is 25.2. The number of hydrogen-bond donors (Lipinski definition) is 0. The minimum Gasteiger partial charge on any atom is -0.356 e. The van der Waals surface area contributed by atoms with Gasteiger partial charge in [-0.1, -0.05) is 90.4 Å². The standard InChI is InChI=1S/C23H46N2/c1-5-6-7-8-9-10-11-12-13-14-15-16-17-18-19-24-20-21-25(22(2)3)23(24)4/h20-23H,5-19H2,1-4H3. The molecule has 148 valence electrons. The van der Waals surface area contributed by atoms with Gasteiger partial charge in [-0.2, -0.15) is 0 Å².